The number of phenolic OH excluding ortho intramolecular Hbond substituents is 1. The Morgan fingerprint density at radius 3 is 1.18 bits per heavy atom. The molecule has 0 aliphatic heterocycles. The highest BCUT2D eigenvalue weighted by Gasteiger charge is 2.37. The van der Waals surface area contributed by atoms with E-state index < -0.39 is 207 Å². The zero-order valence-electron chi connectivity index (χ0n) is 49.8. The molecule has 492 valence electrons. The third kappa shape index (κ3) is 27.8. The van der Waals surface area contributed by atoms with Crippen molar-refractivity contribution in [3.63, 3.8) is 0 Å². The van der Waals surface area contributed by atoms with Crippen LogP contribution in [0.15, 0.2) is 59.6 Å². The first-order chi connectivity index (χ1) is 41.7. The van der Waals surface area contributed by atoms with Gasteiger partial charge in [-0.1, -0.05) is 70.2 Å². The number of carboxylic acids is 4. The Morgan fingerprint density at radius 1 is 0.449 bits per heavy atom. The molecule has 0 aromatic heterocycles. The van der Waals surface area contributed by atoms with Crippen molar-refractivity contribution in [3.05, 3.63) is 65.7 Å². The average molecular weight is 1260 g/mol. The lowest BCUT2D eigenvalue weighted by Gasteiger charge is -2.29. The highest BCUT2D eigenvalue weighted by Crippen LogP contribution is 2.15. The Bertz CT molecular complexity index is 2800. The van der Waals surface area contributed by atoms with Gasteiger partial charge in [-0.05, 0) is 74.1 Å². The second kappa shape index (κ2) is 37.9. The number of aliphatic imine (C=N–C) groups is 1. The highest BCUT2D eigenvalue weighted by atomic mass is 16.4. The summed E-state index contributed by atoms with van der Waals surface area (Å²) in [5.74, 6) is -17.7. The van der Waals surface area contributed by atoms with Crippen LogP contribution in [-0.4, -0.2) is 198 Å². The minimum absolute atomic E-state index is 0.0266. The molecule has 0 saturated carbocycles. The lowest BCUT2D eigenvalue weighted by atomic mass is 10.00. The van der Waals surface area contributed by atoms with Crippen LogP contribution >= 0.6 is 0 Å². The van der Waals surface area contributed by atoms with E-state index in [0.717, 1.165) is 0 Å². The SMILES string of the molecule is CC(C)[C@H](NC(=O)[C@H](CCC(=O)O)NC(=O)[C@H](Cc1ccc(O)cc1)NC(=O)[C@H](CO)NC(=O)[C@@H](NC(=O)[C@H](CCC(=O)O)NC(=O)[C@@H](N)[C@@H](C)O)C(C)C)C(=O)N[C@@H](CCC(=O)O)C(=O)N[C@@H](Cc1ccccc1)C(=O)N[C@@H](CCCN=C(N)N)C(=O)O. The summed E-state index contributed by atoms with van der Waals surface area (Å²) in [6.07, 6.45) is -5.93. The summed E-state index contributed by atoms with van der Waals surface area (Å²) in [6, 6.07) is -3.19. The van der Waals surface area contributed by atoms with E-state index in [0.29, 0.717) is 5.56 Å². The number of phenols is 1. The van der Waals surface area contributed by atoms with Crippen molar-refractivity contribution < 1.29 is 98.1 Å². The standard InChI is InChI=1S/C56H83N13O20/c1-27(2)44(53(86)63-33(17-20-40(73)74)46(79)65-37(24-30-10-7-6-8-11-30)50(83)64-36(55(88)89)12-9-23-60-56(58)59)68-47(80)34(18-21-41(75)76)61-49(82)38(25-31-13-15-32(72)16-14-31)66-51(84)39(26-70)67-54(87)45(28(3)4)69-48(81)35(19-22-42(77)78)62-52(85)43(57)29(5)71/h6-8,10-11,13-16,27-29,33-39,43-45,70-72H,9,12,17-26,57H2,1-5H3,(H,61,82)(H,62,85)(H,63,86)(H,64,83)(H,65,79)(H,66,84)(H,67,87)(H,68,80)(H,69,81)(H,73,74)(H,75,76)(H,77,78)(H,88,89)(H4,58,59,60)/t29-,33+,34+,35+,36+,37+,38+,39+,43+,44+,45+/m1/s1. The fourth-order valence-corrected chi connectivity index (χ4v) is 8.38. The molecule has 33 nitrogen and oxygen atoms in total. The van der Waals surface area contributed by atoms with Crippen LogP contribution < -0.4 is 65.1 Å². The van der Waals surface area contributed by atoms with E-state index in [-0.39, 0.29) is 43.1 Å². The Morgan fingerprint density at radius 2 is 0.798 bits per heavy atom. The number of aromatic hydroxyl groups is 1. The number of aliphatic carboxylic acids is 4. The number of hydrogen-bond donors (Lipinski definition) is 19. The van der Waals surface area contributed by atoms with E-state index in [1.807, 2.05) is 0 Å². The van der Waals surface area contributed by atoms with Gasteiger partial charge in [-0.25, -0.2) is 4.79 Å². The van der Waals surface area contributed by atoms with Gasteiger partial charge in [0, 0.05) is 38.6 Å². The fourth-order valence-electron chi connectivity index (χ4n) is 8.38. The van der Waals surface area contributed by atoms with Gasteiger partial charge in [0.05, 0.1) is 12.7 Å². The number of carbonyl (C=O) groups excluding carboxylic acids is 9. The number of guanidine groups is 1. The number of nitrogens with two attached hydrogens (primary N) is 3. The average Bonchev–Trinajstić information content (AvgIpc) is 3.65. The third-order valence-corrected chi connectivity index (χ3v) is 13.5. The topological polar surface area (TPSA) is 562 Å². The molecule has 33 heteroatoms. The molecular weight excluding hydrogens is 1170 g/mol. The van der Waals surface area contributed by atoms with Gasteiger partial charge in [-0.15, -0.1) is 0 Å². The number of aliphatic hydroxyl groups is 2. The van der Waals surface area contributed by atoms with Crippen molar-refractivity contribution in [2.75, 3.05) is 13.2 Å². The van der Waals surface area contributed by atoms with Crippen LogP contribution in [0.25, 0.3) is 0 Å². The Labute approximate surface area is 511 Å². The van der Waals surface area contributed by atoms with Crippen LogP contribution in [0.3, 0.4) is 0 Å². The summed E-state index contributed by atoms with van der Waals surface area (Å²) >= 11 is 0. The molecule has 2 rings (SSSR count). The molecule has 0 unspecified atom stereocenters. The first kappa shape index (κ1) is 75.6. The molecule has 0 aliphatic carbocycles. The maximum Gasteiger partial charge on any atom is 0.326 e. The van der Waals surface area contributed by atoms with Gasteiger partial charge in [0.2, 0.25) is 53.2 Å². The van der Waals surface area contributed by atoms with Crippen LogP contribution in [0.2, 0.25) is 0 Å². The number of nitrogens with one attached hydrogen (secondary N) is 9. The van der Waals surface area contributed by atoms with Crippen LogP contribution in [0.1, 0.15) is 97.1 Å². The molecular formula is C56H83N13O20. The molecule has 9 amide bonds. The Hall–Kier alpha value is -9.50. The summed E-state index contributed by atoms with van der Waals surface area (Å²) in [7, 11) is 0. The molecule has 2 aromatic carbocycles. The molecule has 0 saturated heterocycles. The predicted molar refractivity (Wildman–Crippen MR) is 314 cm³/mol. The largest absolute Gasteiger partial charge is 0.508 e. The maximum absolute atomic E-state index is 14.4. The van der Waals surface area contributed by atoms with Crippen molar-refractivity contribution in [2.24, 2.45) is 34.0 Å². The summed E-state index contributed by atoms with van der Waals surface area (Å²) in [5, 5.41) is 90.0. The second-order valence-electron chi connectivity index (χ2n) is 21.5. The molecule has 0 bridgehead atoms. The number of rotatable bonds is 40. The molecule has 0 radical (unpaired) electrons. The van der Waals surface area contributed by atoms with Crippen LogP contribution in [0.5, 0.6) is 5.75 Å². The second-order valence-corrected chi connectivity index (χ2v) is 21.5. The molecule has 0 heterocycles. The molecule has 89 heavy (non-hydrogen) atoms. The highest BCUT2D eigenvalue weighted by molar-refractivity contribution is 5.99. The monoisotopic (exact) mass is 1260 g/mol. The van der Waals surface area contributed by atoms with Gasteiger partial charge < -0.3 is 101 Å². The molecule has 0 aliphatic rings. The van der Waals surface area contributed by atoms with E-state index >= 15 is 0 Å². The maximum atomic E-state index is 14.4. The van der Waals surface area contributed by atoms with E-state index in [9.17, 15) is 98.1 Å². The zero-order chi connectivity index (χ0) is 67.2. The number of aliphatic hydroxyl groups excluding tert-OH is 2. The first-order valence-electron chi connectivity index (χ1n) is 28.3. The van der Waals surface area contributed by atoms with Gasteiger partial charge in [-0.3, -0.25) is 62.5 Å². The number of carboxylic acid groups (broad SMARTS) is 4. The molecule has 2 aromatic rings. The predicted octanol–water partition coefficient (Wildman–Crippen LogP) is -4.71. The Kier molecular flexibility index (Phi) is 32.2. The number of carbonyl (C=O) groups is 13. The van der Waals surface area contributed by atoms with E-state index in [1.54, 1.807) is 30.3 Å². The molecule has 11 atom stereocenters. The first-order valence-corrected chi connectivity index (χ1v) is 28.3. The minimum Gasteiger partial charge on any atom is -0.508 e. The summed E-state index contributed by atoms with van der Waals surface area (Å²) < 4.78 is 0. The van der Waals surface area contributed by atoms with Crippen molar-refractivity contribution in [1.82, 2.24) is 47.9 Å². The van der Waals surface area contributed by atoms with Crippen molar-refractivity contribution in [2.45, 2.75) is 165 Å². The van der Waals surface area contributed by atoms with E-state index in [2.05, 4.69) is 52.8 Å². The van der Waals surface area contributed by atoms with Gasteiger partial charge in [-0.2, -0.15) is 0 Å². The summed E-state index contributed by atoms with van der Waals surface area (Å²) in [5.41, 5.74) is 17.1. The summed E-state index contributed by atoms with van der Waals surface area (Å²) in [4.78, 5) is 176. The van der Waals surface area contributed by atoms with Crippen molar-refractivity contribution in [1.29, 1.82) is 0 Å². The van der Waals surface area contributed by atoms with E-state index in [4.69, 9.17) is 17.2 Å². The molecule has 0 fully saturated rings. The molecule has 22 N–H and O–H groups in total. The van der Waals surface area contributed by atoms with Gasteiger partial charge in [0.15, 0.2) is 5.96 Å². The van der Waals surface area contributed by atoms with Crippen LogP contribution in [0.4, 0.5) is 0 Å². The van der Waals surface area contributed by atoms with Crippen molar-refractivity contribution >= 4 is 83.0 Å². The number of amides is 9. The van der Waals surface area contributed by atoms with Crippen molar-refractivity contribution in [3.8, 4) is 5.75 Å². The van der Waals surface area contributed by atoms with Gasteiger partial charge in [0.25, 0.3) is 0 Å². The molecule has 0 spiro atoms. The minimum atomic E-state index is -1.89. The zero-order valence-corrected chi connectivity index (χ0v) is 49.8. The number of hydrogen-bond acceptors (Lipinski definition) is 18. The van der Waals surface area contributed by atoms with Crippen LogP contribution in [0, 0.1) is 11.8 Å². The normalized spacial score (nSPS) is 14.8. The quantitative estimate of drug-likeness (QED) is 0.0169. The van der Waals surface area contributed by atoms with E-state index in [1.165, 1.54) is 58.9 Å². The van der Waals surface area contributed by atoms with Gasteiger partial charge >= 0.3 is 23.9 Å². The lowest BCUT2D eigenvalue weighted by Crippen LogP contribution is -2.62. The fraction of sp³-hybridized carbons (Fsp3) is 0.536. The van der Waals surface area contributed by atoms with Crippen LogP contribution in [-0.2, 0) is 75.2 Å². The smallest absolute Gasteiger partial charge is 0.326 e. The summed E-state index contributed by atoms with van der Waals surface area (Å²) in [6.45, 7) is 5.91. The lowest BCUT2D eigenvalue weighted by molar-refractivity contribution is -0.142. The Balaban J connectivity index is 2.50. The van der Waals surface area contributed by atoms with Gasteiger partial charge in [0.1, 0.15) is 66.2 Å². The third-order valence-electron chi connectivity index (χ3n) is 13.5. The number of benzene rings is 2. The number of nitrogens with zero attached hydrogens (tertiary/aromatic N) is 1.